The second kappa shape index (κ2) is 18.2. The molecule has 0 spiro atoms. The van der Waals surface area contributed by atoms with E-state index in [1.807, 2.05) is 115 Å². The van der Waals surface area contributed by atoms with Crippen LogP contribution in [0.4, 0.5) is 14.7 Å². The number of nitrogens with zero attached hydrogens (tertiary/aromatic N) is 2. The van der Waals surface area contributed by atoms with E-state index >= 15 is 0 Å². The van der Waals surface area contributed by atoms with Gasteiger partial charge >= 0.3 is 11.4 Å². The van der Waals surface area contributed by atoms with Crippen LogP contribution in [0.3, 0.4) is 0 Å². The number of halogens is 1. The first kappa shape index (κ1) is 40.3. The summed E-state index contributed by atoms with van der Waals surface area (Å²) in [6, 6.07) is 47.5. The van der Waals surface area contributed by atoms with Gasteiger partial charge < -0.3 is 25.4 Å². The number of carbonyl (C=O) groups excluding carboxylic acids is 4. The number of aromatic nitrogens is 1. The number of nitrogens with one attached hydrogen (secondary N) is 3. The molecule has 8 rings (SSSR count). The summed E-state index contributed by atoms with van der Waals surface area (Å²) in [5, 5.41) is 10.8. The molecule has 0 radical (unpaired) electrons. The van der Waals surface area contributed by atoms with E-state index in [4.69, 9.17) is 26.1 Å². The van der Waals surface area contributed by atoms with Crippen LogP contribution in [0.5, 0.6) is 0 Å². The van der Waals surface area contributed by atoms with Gasteiger partial charge in [0, 0.05) is 5.38 Å². The minimum Gasteiger partial charge on any atom is -0.443 e. The molecular formula is C43H36ClN5O6S4. The Hall–Kier alpha value is -5.45. The van der Waals surface area contributed by atoms with Crippen LogP contribution in [0.25, 0.3) is 0 Å². The fourth-order valence-corrected chi connectivity index (χ4v) is 16.7. The molecule has 300 valence electrons. The first-order valence-corrected chi connectivity index (χ1v) is 23.8. The van der Waals surface area contributed by atoms with Crippen LogP contribution in [-0.2, 0) is 43.7 Å². The molecule has 5 atom stereocenters. The minimum atomic E-state index is -1.54. The maximum atomic E-state index is 14.3. The molecule has 59 heavy (non-hydrogen) atoms. The molecule has 0 aliphatic carbocycles. The predicted molar refractivity (Wildman–Crippen MR) is 235 cm³/mol. The number of thiazole rings is 1. The summed E-state index contributed by atoms with van der Waals surface area (Å²) in [5.41, 5.74) is 2.94. The summed E-state index contributed by atoms with van der Waals surface area (Å²) in [4.78, 5) is 58.3. The Morgan fingerprint density at radius 2 is 1.34 bits per heavy atom. The van der Waals surface area contributed by atoms with Crippen LogP contribution in [-0.4, -0.2) is 48.5 Å². The SMILES string of the molecule is O=CNC(C(=O)NC1S[C@H]2OC(=O)N2S(C(=O)OC(c2ccccc2)c2ccccc2)=S1CCl)c1csc(NC(c2ccccc2)(c2ccccc2)c2ccccc2)n1. The molecule has 1 saturated heterocycles. The predicted octanol–water partition coefficient (Wildman–Crippen LogP) is 8.41. The largest absolute Gasteiger partial charge is 0.443 e. The smallest absolute Gasteiger partial charge is 0.426 e. The summed E-state index contributed by atoms with van der Waals surface area (Å²) in [6.45, 7) is 0. The van der Waals surface area contributed by atoms with Gasteiger partial charge in [0.2, 0.25) is 17.9 Å². The van der Waals surface area contributed by atoms with Crippen molar-refractivity contribution in [2.75, 3.05) is 10.5 Å². The summed E-state index contributed by atoms with van der Waals surface area (Å²) < 4.78 is 12.2. The molecule has 2 aliphatic heterocycles. The van der Waals surface area contributed by atoms with Crippen LogP contribution in [0, 0.1) is 0 Å². The Morgan fingerprint density at radius 3 is 1.81 bits per heavy atom. The van der Waals surface area contributed by atoms with Crippen LogP contribution in [0.15, 0.2) is 157 Å². The average Bonchev–Trinajstić information content (AvgIpc) is 3.75. The highest BCUT2D eigenvalue weighted by atomic mass is 35.5. The van der Waals surface area contributed by atoms with Crippen molar-refractivity contribution >= 4 is 82.6 Å². The van der Waals surface area contributed by atoms with Crippen molar-refractivity contribution in [2.24, 2.45) is 0 Å². The minimum absolute atomic E-state index is 0.0783. The van der Waals surface area contributed by atoms with E-state index in [1.165, 1.54) is 15.6 Å². The molecule has 1 fully saturated rings. The van der Waals surface area contributed by atoms with Crippen molar-refractivity contribution in [1.82, 2.24) is 19.9 Å². The van der Waals surface area contributed by atoms with Gasteiger partial charge in [-0.3, -0.25) is 9.59 Å². The van der Waals surface area contributed by atoms with E-state index in [0.29, 0.717) is 17.2 Å². The van der Waals surface area contributed by atoms with E-state index in [1.54, 1.807) is 5.38 Å². The second-order valence-electron chi connectivity index (χ2n) is 13.1. The highest BCUT2D eigenvalue weighted by Crippen LogP contribution is 2.43. The zero-order chi connectivity index (χ0) is 40.8. The quantitative estimate of drug-likeness (QED) is 0.0426. The lowest BCUT2D eigenvalue weighted by Gasteiger charge is -2.46. The molecule has 3 amide bonds. The van der Waals surface area contributed by atoms with Gasteiger partial charge in [0.1, 0.15) is 10.2 Å². The molecule has 0 saturated carbocycles. The topological polar surface area (TPSA) is 139 Å². The highest BCUT2D eigenvalue weighted by Gasteiger charge is 2.51. The van der Waals surface area contributed by atoms with Crippen molar-refractivity contribution in [3.8, 4) is 0 Å². The number of ether oxygens (including phenoxy) is 2. The van der Waals surface area contributed by atoms with E-state index in [2.05, 4.69) is 52.3 Å². The van der Waals surface area contributed by atoms with Crippen LogP contribution >= 0.6 is 34.7 Å². The summed E-state index contributed by atoms with van der Waals surface area (Å²) >= 11 is 9.04. The number of thioether (sulfide) groups is 1. The number of anilines is 1. The number of hydrogen-bond acceptors (Lipinski definition) is 10. The van der Waals surface area contributed by atoms with E-state index in [9.17, 15) is 19.2 Å². The number of amides is 3. The Bertz CT molecular complexity index is 2330. The molecule has 0 bridgehead atoms. The van der Waals surface area contributed by atoms with Crippen LogP contribution < -0.4 is 16.0 Å². The van der Waals surface area contributed by atoms with E-state index in [0.717, 1.165) is 39.6 Å². The fraction of sp³-hybridized carbons (Fsp3) is 0.140. The zero-order valence-electron chi connectivity index (χ0n) is 31.0. The number of alkyl halides is 1. The maximum absolute atomic E-state index is 14.3. The lowest BCUT2D eigenvalue weighted by Crippen LogP contribution is -2.61. The van der Waals surface area contributed by atoms with Gasteiger partial charge in [-0.25, -0.2) is 14.6 Å². The molecule has 4 unspecified atom stereocenters. The highest BCUT2D eigenvalue weighted by molar-refractivity contribution is 8.53. The van der Waals surface area contributed by atoms with Crippen LogP contribution in [0.2, 0.25) is 0 Å². The summed E-state index contributed by atoms with van der Waals surface area (Å²) in [5.74, 6) is -0.586. The number of hydrogen-bond donors (Lipinski definition) is 3. The Morgan fingerprint density at radius 1 is 0.831 bits per heavy atom. The lowest BCUT2D eigenvalue weighted by molar-refractivity contribution is -0.125. The monoisotopic (exact) mass is 881 g/mol. The third-order valence-corrected chi connectivity index (χ3v) is 19.2. The lowest BCUT2D eigenvalue weighted by atomic mass is 9.77. The molecule has 11 nitrogen and oxygen atoms in total. The first-order valence-electron chi connectivity index (χ1n) is 18.3. The molecule has 1 aromatic heterocycles. The van der Waals surface area contributed by atoms with Crippen molar-refractivity contribution in [1.29, 1.82) is 0 Å². The standard InChI is InChI=1S/C43H36ClN5O6S4/c44-27-58-39(57-41-49(40(52)55-41)59(58)42(53)54-36(29-16-6-1-7-17-29)30-18-8-2-9-19-30)47-37(51)35(45-28-50)34-26-56-38(46-34)48-43(31-20-10-3-11-21-31,32-22-12-4-13-23-32)33-24-14-5-15-25-33/h1-26,28,35-36,39,41H,27H2,(H,45,50)(H,46,48)(H,47,51)/t35?,39?,41-,58?,59?/m1/s1. The molecule has 5 aromatic carbocycles. The molecule has 2 aliphatic rings. The average molecular weight is 883 g/mol. The number of rotatable bonds is 14. The Kier molecular flexibility index (Phi) is 12.5. The van der Waals surface area contributed by atoms with Gasteiger partial charge in [0.25, 0.3) is 0 Å². The molecular weight excluding hydrogens is 846 g/mol. The van der Waals surface area contributed by atoms with E-state index in [-0.39, 0.29) is 5.21 Å². The molecule has 6 aromatic rings. The van der Waals surface area contributed by atoms with Crippen molar-refractivity contribution in [3.63, 3.8) is 0 Å². The van der Waals surface area contributed by atoms with Gasteiger partial charge in [0.15, 0.2) is 17.3 Å². The van der Waals surface area contributed by atoms with Crippen LogP contribution in [0.1, 0.15) is 45.7 Å². The Labute approximate surface area is 358 Å². The molecule has 3 N–H and O–H groups in total. The van der Waals surface area contributed by atoms with Gasteiger partial charge in [-0.1, -0.05) is 173 Å². The van der Waals surface area contributed by atoms with Gasteiger partial charge in [-0.2, -0.15) is 4.31 Å². The van der Waals surface area contributed by atoms with Gasteiger partial charge in [0.05, 0.1) is 20.5 Å². The summed E-state index contributed by atoms with van der Waals surface area (Å²) in [7, 11) is -2.69. The van der Waals surface area contributed by atoms with Crippen molar-refractivity contribution < 1.29 is 28.7 Å². The first-order chi connectivity index (χ1) is 28.9. The van der Waals surface area contributed by atoms with Gasteiger partial charge in [-0.15, -0.1) is 22.9 Å². The number of benzene rings is 5. The number of fused-ring (bicyclic) bond motifs is 1. The van der Waals surface area contributed by atoms with Gasteiger partial charge in [-0.05, 0) is 27.8 Å². The second-order valence-corrected chi connectivity index (χ2v) is 20.9. The third-order valence-electron chi connectivity index (χ3n) is 9.59. The maximum Gasteiger partial charge on any atom is 0.426 e. The number of carbonyl (C=O) groups is 4. The Balaban J connectivity index is 1.09. The zero-order valence-corrected chi connectivity index (χ0v) is 35.0. The van der Waals surface area contributed by atoms with Crippen molar-refractivity contribution in [3.05, 3.63) is 191 Å². The van der Waals surface area contributed by atoms with E-state index < -0.39 is 64.3 Å². The molecule has 3 heterocycles. The molecule has 16 heteroatoms. The summed E-state index contributed by atoms with van der Waals surface area (Å²) in [6.07, 6.45) is -1.000. The third kappa shape index (κ3) is 8.25. The van der Waals surface area contributed by atoms with Crippen molar-refractivity contribution in [2.45, 2.75) is 28.0 Å². The fourth-order valence-electron chi connectivity index (χ4n) is 6.87. The normalized spacial score (nSPS) is 19.0.